The molecule has 88 valence electrons. The molecule has 0 amide bonds. The maximum Gasteiger partial charge on any atom is 0.0642 e. The van der Waals surface area contributed by atoms with Gasteiger partial charge in [-0.2, -0.15) is 0 Å². The molecule has 1 aromatic carbocycles. The van der Waals surface area contributed by atoms with E-state index in [1.807, 2.05) is 6.92 Å². The minimum absolute atomic E-state index is 0.0631. The topological polar surface area (TPSA) is 38.5 Å². The van der Waals surface area contributed by atoms with Gasteiger partial charge in [-0.25, -0.2) is 0 Å². The molecule has 1 fully saturated rings. The van der Waals surface area contributed by atoms with E-state index in [2.05, 4.69) is 39.0 Å². The van der Waals surface area contributed by atoms with Crippen LogP contribution in [0, 0.1) is 0 Å². The summed E-state index contributed by atoms with van der Waals surface area (Å²) in [7, 11) is 0. The van der Waals surface area contributed by atoms with Crippen LogP contribution >= 0.6 is 15.9 Å². The summed E-state index contributed by atoms with van der Waals surface area (Å²) in [6.07, 6.45) is 0. The van der Waals surface area contributed by atoms with Crippen molar-refractivity contribution in [3.8, 4) is 0 Å². The predicted molar refractivity (Wildman–Crippen MR) is 69.8 cm³/mol. The molecule has 0 aromatic heterocycles. The van der Waals surface area contributed by atoms with Crippen molar-refractivity contribution in [3.05, 3.63) is 28.2 Å². The Kier molecular flexibility index (Phi) is 3.84. The van der Waals surface area contributed by atoms with Crippen LogP contribution in [-0.4, -0.2) is 26.3 Å². The zero-order valence-electron chi connectivity index (χ0n) is 9.45. The van der Waals surface area contributed by atoms with Crippen molar-refractivity contribution in [3.63, 3.8) is 0 Å². The molecule has 0 radical (unpaired) electrons. The monoisotopic (exact) mass is 284 g/mol. The van der Waals surface area contributed by atoms with Gasteiger partial charge >= 0.3 is 0 Å². The summed E-state index contributed by atoms with van der Waals surface area (Å²) in [4.78, 5) is 2.33. The molecule has 0 spiro atoms. The van der Waals surface area contributed by atoms with Crippen LogP contribution in [0.4, 0.5) is 5.69 Å². The Hall–Kier alpha value is -0.580. The summed E-state index contributed by atoms with van der Waals surface area (Å²) < 4.78 is 6.43. The van der Waals surface area contributed by atoms with E-state index in [1.165, 1.54) is 5.69 Å². The van der Waals surface area contributed by atoms with E-state index in [0.29, 0.717) is 0 Å². The molecule has 1 atom stereocenters. The maximum absolute atomic E-state index is 5.88. The third kappa shape index (κ3) is 2.56. The summed E-state index contributed by atoms with van der Waals surface area (Å²) in [5.74, 6) is 0. The van der Waals surface area contributed by atoms with E-state index in [4.69, 9.17) is 10.5 Å². The molecule has 2 rings (SSSR count). The number of hydrogen-bond acceptors (Lipinski definition) is 3. The molecule has 1 aliphatic heterocycles. The fourth-order valence-electron chi connectivity index (χ4n) is 1.90. The number of hydrogen-bond donors (Lipinski definition) is 1. The SMILES string of the molecule is C[C@H](N)c1ccc(N2CCOCC2)cc1Br. The average molecular weight is 285 g/mol. The lowest BCUT2D eigenvalue weighted by Crippen LogP contribution is -2.36. The van der Waals surface area contributed by atoms with Crippen molar-refractivity contribution >= 4 is 21.6 Å². The summed E-state index contributed by atoms with van der Waals surface area (Å²) in [5, 5.41) is 0. The Morgan fingerprint density at radius 2 is 2.06 bits per heavy atom. The standard InChI is InChI=1S/C12H17BrN2O/c1-9(14)11-3-2-10(8-12(11)13)15-4-6-16-7-5-15/h2-3,8-9H,4-7,14H2,1H3/t9-/m0/s1. The van der Waals surface area contributed by atoms with Crippen LogP contribution in [0.25, 0.3) is 0 Å². The van der Waals surface area contributed by atoms with Crippen LogP contribution in [-0.2, 0) is 4.74 Å². The second-order valence-corrected chi connectivity index (χ2v) is 4.95. The lowest BCUT2D eigenvalue weighted by atomic mass is 10.1. The third-order valence-corrected chi connectivity index (χ3v) is 3.54. The molecule has 2 N–H and O–H groups in total. The summed E-state index contributed by atoms with van der Waals surface area (Å²) in [5.41, 5.74) is 8.27. The lowest BCUT2D eigenvalue weighted by molar-refractivity contribution is 0.122. The first-order valence-electron chi connectivity index (χ1n) is 5.56. The van der Waals surface area contributed by atoms with Crippen LogP contribution in [0.3, 0.4) is 0 Å². The molecule has 0 aliphatic carbocycles. The first-order chi connectivity index (χ1) is 7.68. The van der Waals surface area contributed by atoms with Crippen molar-refractivity contribution < 1.29 is 4.74 Å². The molecule has 1 aromatic rings. The van der Waals surface area contributed by atoms with Gasteiger partial charge in [-0.1, -0.05) is 22.0 Å². The maximum atomic E-state index is 5.88. The highest BCUT2D eigenvalue weighted by Crippen LogP contribution is 2.27. The van der Waals surface area contributed by atoms with Gasteiger partial charge in [-0.15, -0.1) is 0 Å². The van der Waals surface area contributed by atoms with E-state index in [0.717, 1.165) is 36.3 Å². The summed E-state index contributed by atoms with van der Waals surface area (Å²) in [6.45, 7) is 5.54. The van der Waals surface area contributed by atoms with E-state index in [1.54, 1.807) is 0 Å². The molecule has 3 nitrogen and oxygen atoms in total. The fraction of sp³-hybridized carbons (Fsp3) is 0.500. The number of morpholine rings is 1. The van der Waals surface area contributed by atoms with Gasteiger partial charge in [0.1, 0.15) is 0 Å². The normalized spacial score (nSPS) is 18.6. The third-order valence-electron chi connectivity index (χ3n) is 2.85. The molecular formula is C12H17BrN2O. The van der Waals surface area contributed by atoms with Crippen LogP contribution in [0.1, 0.15) is 18.5 Å². The van der Waals surface area contributed by atoms with Gasteiger partial charge in [-0.05, 0) is 24.6 Å². The number of ether oxygens (including phenoxy) is 1. The number of halogens is 1. The molecule has 0 saturated carbocycles. The highest BCUT2D eigenvalue weighted by atomic mass is 79.9. The van der Waals surface area contributed by atoms with E-state index in [9.17, 15) is 0 Å². The van der Waals surface area contributed by atoms with Gasteiger partial charge in [-0.3, -0.25) is 0 Å². The van der Waals surface area contributed by atoms with Gasteiger partial charge in [0.05, 0.1) is 13.2 Å². The smallest absolute Gasteiger partial charge is 0.0642 e. The van der Waals surface area contributed by atoms with Gasteiger partial charge < -0.3 is 15.4 Å². The van der Waals surface area contributed by atoms with Gasteiger partial charge in [0.2, 0.25) is 0 Å². The van der Waals surface area contributed by atoms with Crippen molar-refractivity contribution in [1.29, 1.82) is 0 Å². The van der Waals surface area contributed by atoms with E-state index in [-0.39, 0.29) is 6.04 Å². The minimum atomic E-state index is 0.0631. The molecule has 4 heteroatoms. The van der Waals surface area contributed by atoms with E-state index >= 15 is 0 Å². The van der Waals surface area contributed by atoms with Gasteiger partial charge in [0.25, 0.3) is 0 Å². The first kappa shape index (κ1) is 11.9. The van der Waals surface area contributed by atoms with Crippen LogP contribution in [0.15, 0.2) is 22.7 Å². The second-order valence-electron chi connectivity index (χ2n) is 4.09. The van der Waals surface area contributed by atoms with Crippen molar-refractivity contribution in [1.82, 2.24) is 0 Å². The fourth-order valence-corrected chi connectivity index (χ4v) is 2.63. The number of nitrogens with zero attached hydrogens (tertiary/aromatic N) is 1. The lowest BCUT2D eigenvalue weighted by Gasteiger charge is -2.29. The molecule has 1 heterocycles. The summed E-state index contributed by atoms with van der Waals surface area (Å²) in [6, 6.07) is 6.44. The van der Waals surface area contributed by atoms with E-state index < -0.39 is 0 Å². The zero-order chi connectivity index (χ0) is 11.5. The highest BCUT2D eigenvalue weighted by Gasteiger charge is 2.13. The summed E-state index contributed by atoms with van der Waals surface area (Å²) >= 11 is 3.58. The number of nitrogens with two attached hydrogens (primary N) is 1. The molecule has 1 saturated heterocycles. The van der Waals surface area contributed by atoms with Gasteiger partial charge in [0.15, 0.2) is 0 Å². The van der Waals surface area contributed by atoms with Crippen LogP contribution in [0.2, 0.25) is 0 Å². The van der Waals surface area contributed by atoms with Crippen LogP contribution in [0.5, 0.6) is 0 Å². The molecule has 1 aliphatic rings. The van der Waals surface area contributed by atoms with Crippen molar-refractivity contribution in [2.75, 3.05) is 31.2 Å². The van der Waals surface area contributed by atoms with Gasteiger partial charge in [0, 0.05) is 29.3 Å². The first-order valence-corrected chi connectivity index (χ1v) is 6.35. The highest BCUT2D eigenvalue weighted by molar-refractivity contribution is 9.10. The van der Waals surface area contributed by atoms with Crippen molar-refractivity contribution in [2.24, 2.45) is 5.73 Å². The quantitative estimate of drug-likeness (QED) is 0.906. The minimum Gasteiger partial charge on any atom is -0.378 e. The molecule has 0 unspecified atom stereocenters. The molecule has 16 heavy (non-hydrogen) atoms. The number of anilines is 1. The van der Waals surface area contributed by atoms with Crippen molar-refractivity contribution in [2.45, 2.75) is 13.0 Å². The Balaban J connectivity index is 2.19. The average Bonchev–Trinajstić information content (AvgIpc) is 2.29. The number of rotatable bonds is 2. The number of benzene rings is 1. The second kappa shape index (κ2) is 5.17. The molecule has 0 bridgehead atoms. The Morgan fingerprint density at radius 1 is 1.38 bits per heavy atom. The Bertz CT molecular complexity index is 362. The Labute approximate surface area is 105 Å². The Morgan fingerprint density at radius 3 is 2.62 bits per heavy atom. The molecular weight excluding hydrogens is 268 g/mol. The zero-order valence-corrected chi connectivity index (χ0v) is 11.0. The predicted octanol–water partition coefficient (Wildman–Crippen LogP) is 2.31. The largest absolute Gasteiger partial charge is 0.378 e. The van der Waals surface area contributed by atoms with Crippen LogP contribution < -0.4 is 10.6 Å².